The summed E-state index contributed by atoms with van der Waals surface area (Å²) in [4.78, 5) is 7.47. The maximum atomic E-state index is 9.88. The first-order valence-corrected chi connectivity index (χ1v) is 9.93. The highest BCUT2D eigenvalue weighted by Crippen LogP contribution is 2.27. The number of likely N-dealkylation sites (tertiary alicyclic amines) is 1. The maximum absolute atomic E-state index is 9.88. The third-order valence-electron chi connectivity index (χ3n) is 6.05. The molecule has 0 radical (unpaired) electrons. The molecule has 0 spiro atoms. The minimum absolute atomic E-state index is 0.287. The molecular weight excluding hydrogens is 326 g/mol. The lowest BCUT2D eigenvalue weighted by molar-refractivity contribution is 0.165. The maximum Gasteiger partial charge on any atom is 0.134 e. The van der Waals surface area contributed by atoms with Gasteiger partial charge >= 0.3 is 0 Å². The third kappa shape index (κ3) is 4.12. The Morgan fingerprint density at radius 1 is 1.04 bits per heavy atom. The van der Waals surface area contributed by atoms with Crippen LogP contribution in [0.3, 0.4) is 0 Å². The molecule has 2 saturated heterocycles. The van der Waals surface area contributed by atoms with Crippen LogP contribution in [0, 0.1) is 11.8 Å². The Kier molecular flexibility index (Phi) is 5.60. The molecule has 1 aromatic heterocycles. The summed E-state index contributed by atoms with van der Waals surface area (Å²) in [7, 11) is 2.21. The van der Waals surface area contributed by atoms with Gasteiger partial charge in [-0.1, -0.05) is 18.2 Å². The molecule has 2 aliphatic heterocycles. The van der Waals surface area contributed by atoms with Crippen LogP contribution in [0.25, 0.3) is 11.0 Å². The van der Waals surface area contributed by atoms with Crippen molar-refractivity contribution in [2.24, 2.45) is 11.8 Å². The average Bonchev–Trinajstić information content (AvgIpc) is 3.15. The van der Waals surface area contributed by atoms with Crippen LogP contribution in [0.2, 0.25) is 0 Å². The topological polar surface area (TPSA) is 43.1 Å². The normalized spacial score (nSPS) is 26.5. The Morgan fingerprint density at radius 2 is 1.88 bits per heavy atom. The van der Waals surface area contributed by atoms with Gasteiger partial charge in [-0.25, -0.2) is 0 Å². The fourth-order valence-electron chi connectivity index (χ4n) is 4.53. The molecule has 1 aromatic carbocycles. The Labute approximate surface area is 156 Å². The van der Waals surface area contributed by atoms with Crippen molar-refractivity contribution < 1.29 is 9.52 Å². The first kappa shape index (κ1) is 18.0. The second-order valence-corrected chi connectivity index (χ2v) is 8.10. The van der Waals surface area contributed by atoms with Gasteiger partial charge in [0.25, 0.3) is 0 Å². The van der Waals surface area contributed by atoms with E-state index in [0.29, 0.717) is 11.8 Å². The largest absolute Gasteiger partial charge is 0.460 e. The molecule has 2 atom stereocenters. The quantitative estimate of drug-likeness (QED) is 0.888. The Hall–Kier alpha value is -1.40. The number of furan rings is 1. The summed E-state index contributed by atoms with van der Waals surface area (Å²) in [6, 6.07) is 10.3. The highest BCUT2D eigenvalue weighted by molar-refractivity contribution is 5.77. The van der Waals surface area contributed by atoms with Crippen LogP contribution in [-0.4, -0.2) is 79.3 Å². The van der Waals surface area contributed by atoms with E-state index in [1.165, 1.54) is 24.9 Å². The average molecular weight is 357 g/mol. The Balaban J connectivity index is 1.37. The van der Waals surface area contributed by atoms with Crippen LogP contribution >= 0.6 is 0 Å². The number of fused-ring (bicyclic) bond motifs is 1. The molecule has 4 rings (SSSR count). The SMILES string of the molecule is CN1CCCN(C[C@@H]2CN(Cc3cc4ccccc4o3)C[C@@H]2CO)CC1. The summed E-state index contributed by atoms with van der Waals surface area (Å²) in [5.74, 6) is 1.95. The van der Waals surface area contributed by atoms with Crippen molar-refractivity contribution in [3.63, 3.8) is 0 Å². The highest BCUT2D eigenvalue weighted by Gasteiger charge is 2.34. The van der Waals surface area contributed by atoms with E-state index in [9.17, 15) is 5.11 Å². The Morgan fingerprint density at radius 3 is 2.73 bits per heavy atom. The molecule has 26 heavy (non-hydrogen) atoms. The number of rotatable bonds is 5. The fourth-order valence-corrected chi connectivity index (χ4v) is 4.53. The van der Waals surface area contributed by atoms with E-state index in [0.717, 1.165) is 50.6 Å². The highest BCUT2D eigenvalue weighted by atomic mass is 16.3. The van der Waals surface area contributed by atoms with Crippen LogP contribution in [0.4, 0.5) is 0 Å². The lowest BCUT2D eigenvalue weighted by atomic mass is 9.96. The van der Waals surface area contributed by atoms with E-state index in [-0.39, 0.29) is 6.61 Å². The van der Waals surface area contributed by atoms with Crippen molar-refractivity contribution in [2.75, 3.05) is 59.5 Å². The number of aliphatic hydroxyl groups excluding tert-OH is 1. The number of hydrogen-bond donors (Lipinski definition) is 1. The van der Waals surface area contributed by atoms with E-state index in [2.05, 4.69) is 33.9 Å². The van der Waals surface area contributed by atoms with Gasteiger partial charge in [0.15, 0.2) is 0 Å². The number of hydrogen-bond acceptors (Lipinski definition) is 5. The number of likely N-dealkylation sites (N-methyl/N-ethyl adjacent to an activating group) is 1. The minimum atomic E-state index is 0.287. The smallest absolute Gasteiger partial charge is 0.134 e. The van der Waals surface area contributed by atoms with E-state index < -0.39 is 0 Å². The van der Waals surface area contributed by atoms with Crippen LogP contribution in [0.15, 0.2) is 34.7 Å². The molecule has 1 N–H and O–H groups in total. The molecule has 3 heterocycles. The molecule has 0 unspecified atom stereocenters. The van der Waals surface area contributed by atoms with E-state index in [4.69, 9.17) is 4.42 Å². The van der Waals surface area contributed by atoms with Crippen LogP contribution in [0.1, 0.15) is 12.2 Å². The van der Waals surface area contributed by atoms with Crippen LogP contribution in [0.5, 0.6) is 0 Å². The summed E-state index contributed by atoms with van der Waals surface area (Å²) in [6.07, 6.45) is 1.25. The van der Waals surface area contributed by atoms with Gasteiger partial charge in [-0.3, -0.25) is 4.90 Å². The number of aliphatic hydroxyl groups is 1. The molecule has 2 aromatic rings. The van der Waals surface area contributed by atoms with Gasteiger partial charge in [-0.15, -0.1) is 0 Å². The number of nitrogens with zero attached hydrogens (tertiary/aromatic N) is 3. The lowest BCUT2D eigenvalue weighted by Crippen LogP contribution is -2.36. The van der Waals surface area contributed by atoms with Crippen LogP contribution in [-0.2, 0) is 6.54 Å². The van der Waals surface area contributed by atoms with Gasteiger partial charge in [0, 0.05) is 44.7 Å². The molecule has 0 aliphatic carbocycles. The number of para-hydroxylation sites is 1. The van der Waals surface area contributed by atoms with Crippen LogP contribution < -0.4 is 0 Å². The van der Waals surface area contributed by atoms with E-state index in [1.807, 2.05) is 18.2 Å². The van der Waals surface area contributed by atoms with E-state index >= 15 is 0 Å². The van der Waals surface area contributed by atoms with Crippen molar-refractivity contribution in [3.8, 4) is 0 Å². The summed E-state index contributed by atoms with van der Waals surface area (Å²) >= 11 is 0. The second kappa shape index (κ2) is 8.09. The van der Waals surface area contributed by atoms with Gasteiger partial charge in [0.05, 0.1) is 6.54 Å². The van der Waals surface area contributed by atoms with E-state index in [1.54, 1.807) is 0 Å². The van der Waals surface area contributed by atoms with Gasteiger partial charge in [0.1, 0.15) is 11.3 Å². The molecule has 2 aliphatic rings. The second-order valence-electron chi connectivity index (χ2n) is 8.10. The predicted molar refractivity (Wildman–Crippen MR) is 104 cm³/mol. The summed E-state index contributed by atoms with van der Waals surface area (Å²) in [5.41, 5.74) is 0.964. The molecule has 5 heteroatoms. The molecule has 0 amide bonds. The van der Waals surface area contributed by atoms with Gasteiger partial charge < -0.3 is 19.3 Å². The molecule has 2 fully saturated rings. The zero-order valence-electron chi connectivity index (χ0n) is 15.8. The summed E-state index contributed by atoms with van der Waals surface area (Å²) < 4.78 is 5.99. The number of benzene rings is 1. The van der Waals surface area contributed by atoms with Gasteiger partial charge in [0.2, 0.25) is 0 Å². The molecule has 0 saturated carbocycles. The summed E-state index contributed by atoms with van der Waals surface area (Å²) in [6.45, 7) is 8.93. The third-order valence-corrected chi connectivity index (χ3v) is 6.05. The zero-order chi connectivity index (χ0) is 17.9. The molecule has 142 valence electrons. The first-order chi connectivity index (χ1) is 12.7. The monoisotopic (exact) mass is 357 g/mol. The zero-order valence-corrected chi connectivity index (χ0v) is 15.8. The van der Waals surface area contributed by atoms with Crippen molar-refractivity contribution in [1.29, 1.82) is 0 Å². The van der Waals surface area contributed by atoms with Gasteiger partial charge in [-0.2, -0.15) is 0 Å². The lowest BCUT2D eigenvalue weighted by Gasteiger charge is -2.26. The standard InChI is InChI=1S/C21H31N3O2/c1-22-7-4-8-23(10-9-22)12-18-13-24(14-19(18)16-25)15-20-11-17-5-2-3-6-21(17)26-20/h2-3,5-6,11,18-19,25H,4,7-10,12-16H2,1H3/t18-,19-/m1/s1. The molecule has 0 bridgehead atoms. The first-order valence-electron chi connectivity index (χ1n) is 9.93. The van der Waals surface area contributed by atoms with Crippen molar-refractivity contribution in [1.82, 2.24) is 14.7 Å². The van der Waals surface area contributed by atoms with Crippen molar-refractivity contribution in [3.05, 3.63) is 36.1 Å². The minimum Gasteiger partial charge on any atom is -0.460 e. The Bertz CT molecular complexity index is 683. The predicted octanol–water partition coefficient (Wildman–Crippen LogP) is 2.11. The van der Waals surface area contributed by atoms with Gasteiger partial charge in [-0.05, 0) is 50.5 Å². The van der Waals surface area contributed by atoms with Crippen molar-refractivity contribution >= 4 is 11.0 Å². The fraction of sp³-hybridized carbons (Fsp3) is 0.619. The summed E-state index contributed by atoms with van der Waals surface area (Å²) in [5, 5.41) is 11.1. The van der Waals surface area contributed by atoms with Crippen molar-refractivity contribution in [2.45, 2.75) is 13.0 Å². The molecular formula is C21H31N3O2. The molecule has 5 nitrogen and oxygen atoms in total.